The predicted octanol–water partition coefficient (Wildman–Crippen LogP) is 2.29. The van der Waals surface area contributed by atoms with Crippen LogP contribution in [0.3, 0.4) is 0 Å². The van der Waals surface area contributed by atoms with Gasteiger partial charge in [0.05, 0.1) is 18.2 Å². The Morgan fingerprint density at radius 2 is 2.00 bits per heavy atom. The van der Waals surface area contributed by atoms with Crippen molar-refractivity contribution in [3.63, 3.8) is 0 Å². The number of pyridine rings is 1. The molecule has 0 amide bonds. The van der Waals surface area contributed by atoms with Gasteiger partial charge in [-0.2, -0.15) is 17.5 Å². The predicted molar refractivity (Wildman–Crippen MR) is 72.6 cm³/mol. The van der Waals surface area contributed by atoms with Crippen LogP contribution in [0, 0.1) is 0 Å². The van der Waals surface area contributed by atoms with E-state index in [0.29, 0.717) is 6.07 Å². The summed E-state index contributed by atoms with van der Waals surface area (Å²) in [6, 6.07) is 1.60. The highest BCUT2D eigenvalue weighted by molar-refractivity contribution is 7.89. The average Bonchev–Trinajstić information content (AvgIpc) is 2.40. The molecule has 0 unspecified atom stereocenters. The van der Waals surface area contributed by atoms with Crippen molar-refractivity contribution in [1.29, 1.82) is 0 Å². The lowest BCUT2D eigenvalue weighted by molar-refractivity contribution is -0.141. The van der Waals surface area contributed by atoms with Crippen LogP contribution >= 0.6 is 0 Å². The SMILES string of the molecule is C[C@H]1CN(S(=O)(=O)c2ccc(C(F)(F)F)nc2)C(C)(C)CO1. The fraction of sp³-hybridized carbons (Fsp3) is 0.615. The number of hydrogen-bond acceptors (Lipinski definition) is 4. The van der Waals surface area contributed by atoms with E-state index in [0.717, 1.165) is 12.3 Å². The van der Waals surface area contributed by atoms with Gasteiger partial charge in [0.25, 0.3) is 0 Å². The Balaban J connectivity index is 2.37. The van der Waals surface area contributed by atoms with Gasteiger partial charge >= 0.3 is 6.18 Å². The van der Waals surface area contributed by atoms with E-state index in [4.69, 9.17) is 4.74 Å². The molecule has 1 aromatic rings. The average molecular weight is 338 g/mol. The highest BCUT2D eigenvalue weighted by Crippen LogP contribution is 2.31. The third kappa shape index (κ3) is 3.26. The van der Waals surface area contributed by atoms with Crippen LogP contribution in [0.1, 0.15) is 26.5 Å². The summed E-state index contributed by atoms with van der Waals surface area (Å²) in [5.74, 6) is 0. The van der Waals surface area contributed by atoms with Gasteiger partial charge in [-0.05, 0) is 32.9 Å². The minimum Gasteiger partial charge on any atom is -0.375 e. The fourth-order valence-corrected chi connectivity index (χ4v) is 3.99. The van der Waals surface area contributed by atoms with Gasteiger partial charge in [-0.3, -0.25) is 4.98 Å². The highest BCUT2D eigenvalue weighted by atomic mass is 32.2. The topological polar surface area (TPSA) is 59.5 Å². The summed E-state index contributed by atoms with van der Waals surface area (Å²) >= 11 is 0. The summed E-state index contributed by atoms with van der Waals surface area (Å²) in [5.41, 5.74) is -1.91. The Bertz CT molecular complexity index is 641. The van der Waals surface area contributed by atoms with Crippen LogP contribution in [-0.2, 0) is 20.9 Å². The number of halogens is 3. The van der Waals surface area contributed by atoms with Crippen molar-refractivity contribution in [1.82, 2.24) is 9.29 Å². The molecule has 1 aliphatic rings. The van der Waals surface area contributed by atoms with E-state index in [9.17, 15) is 21.6 Å². The molecule has 0 bridgehead atoms. The van der Waals surface area contributed by atoms with Crippen molar-refractivity contribution in [2.45, 2.75) is 43.5 Å². The third-order valence-corrected chi connectivity index (χ3v) is 5.49. The summed E-state index contributed by atoms with van der Waals surface area (Å²) < 4.78 is 69.5. The first-order valence-electron chi connectivity index (χ1n) is 6.62. The molecule has 2 heterocycles. The van der Waals surface area contributed by atoms with E-state index in [1.165, 1.54) is 4.31 Å². The highest BCUT2D eigenvalue weighted by Gasteiger charge is 2.42. The molecule has 1 aromatic heterocycles. The van der Waals surface area contributed by atoms with Crippen molar-refractivity contribution in [2.75, 3.05) is 13.2 Å². The van der Waals surface area contributed by atoms with Crippen molar-refractivity contribution in [3.05, 3.63) is 24.0 Å². The summed E-state index contributed by atoms with van der Waals surface area (Å²) in [7, 11) is -3.94. The quantitative estimate of drug-likeness (QED) is 0.830. The zero-order valence-corrected chi connectivity index (χ0v) is 13.2. The van der Waals surface area contributed by atoms with E-state index in [2.05, 4.69) is 4.98 Å². The molecule has 1 atom stereocenters. The van der Waals surface area contributed by atoms with Crippen LogP contribution in [0.25, 0.3) is 0 Å². The molecule has 0 saturated carbocycles. The minimum atomic E-state index is -4.60. The maximum Gasteiger partial charge on any atom is 0.433 e. The second-order valence-corrected chi connectivity index (χ2v) is 7.71. The standard InChI is InChI=1S/C13H17F3N2O3S/c1-9-7-18(12(2,3)8-21-9)22(19,20)10-4-5-11(17-6-10)13(14,15)16/h4-6,9H,7-8H2,1-3H3/t9-/m0/s1. The molecule has 9 heteroatoms. The number of rotatable bonds is 2. The monoisotopic (exact) mass is 338 g/mol. The van der Waals surface area contributed by atoms with E-state index >= 15 is 0 Å². The van der Waals surface area contributed by atoms with Crippen LogP contribution in [-0.4, -0.2) is 42.5 Å². The summed E-state index contributed by atoms with van der Waals surface area (Å²) in [4.78, 5) is 2.95. The molecule has 0 N–H and O–H groups in total. The van der Waals surface area contributed by atoms with Crippen LogP contribution < -0.4 is 0 Å². The van der Waals surface area contributed by atoms with Crippen LogP contribution in [0.4, 0.5) is 13.2 Å². The molecule has 0 aromatic carbocycles. The van der Waals surface area contributed by atoms with Gasteiger partial charge in [-0.1, -0.05) is 0 Å². The second-order valence-electron chi connectivity index (χ2n) is 5.85. The summed E-state index contributed by atoms with van der Waals surface area (Å²) in [6.45, 7) is 5.49. The van der Waals surface area contributed by atoms with Gasteiger partial charge in [0.1, 0.15) is 10.6 Å². The maximum atomic E-state index is 12.7. The molecule has 5 nitrogen and oxygen atoms in total. The molecule has 2 rings (SSSR count). The largest absolute Gasteiger partial charge is 0.433 e. The number of hydrogen-bond donors (Lipinski definition) is 0. The van der Waals surface area contributed by atoms with Crippen LogP contribution in [0.5, 0.6) is 0 Å². The first-order chi connectivity index (χ1) is 9.94. The molecular weight excluding hydrogens is 321 g/mol. The van der Waals surface area contributed by atoms with Crippen molar-refractivity contribution < 1.29 is 26.3 Å². The summed E-state index contributed by atoms with van der Waals surface area (Å²) in [5, 5.41) is 0. The minimum absolute atomic E-state index is 0.135. The Morgan fingerprint density at radius 3 is 2.50 bits per heavy atom. The number of sulfonamides is 1. The molecular formula is C13H17F3N2O3S. The van der Waals surface area contributed by atoms with E-state index < -0.39 is 27.4 Å². The molecule has 1 aliphatic heterocycles. The Hall–Kier alpha value is -1.19. The number of nitrogens with zero attached hydrogens (tertiary/aromatic N) is 2. The zero-order chi connectivity index (χ0) is 16.8. The smallest absolute Gasteiger partial charge is 0.375 e. The molecule has 0 aliphatic carbocycles. The number of ether oxygens (including phenoxy) is 1. The van der Waals surface area contributed by atoms with Crippen LogP contribution in [0.2, 0.25) is 0 Å². The summed E-state index contributed by atoms with van der Waals surface area (Å²) in [6.07, 6.45) is -4.14. The Labute approximate surface area is 127 Å². The molecule has 1 saturated heterocycles. The number of morpholine rings is 1. The fourth-order valence-electron chi connectivity index (χ4n) is 2.20. The maximum absolute atomic E-state index is 12.7. The second kappa shape index (κ2) is 5.47. The van der Waals surface area contributed by atoms with Gasteiger partial charge in [0.2, 0.25) is 10.0 Å². The first kappa shape index (κ1) is 17.2. The van der Waals surface area contributed by atoms with Crippen molar-refractivity contribution >= 4 is 10.0 Å². The van der Waals surface area contributed by atoms with Gasteiger partial charge in [-0.25, -0.2) is 8.42 Å². The van der Waals surface area contributed by atoms with E-state index in [1.807, 2.05) is 0 Å². The Morgan fingerprint density at radius 1 is 1.36 bits per heavy atom. The van der Waals surface area contributed by atoms with Crippen molar-refractivity contribution in [2.24, 2.45) is 0 Å². The van der Waals surface area contributed by atoms with Crippen molar-refractivity contribution in [3.8, 4) is 0 Å². The lowest BCUT2D eigenvalue weighted by atomic mass is 10.1. The number of aromatic nitrogens is 1. The van der Waals surface area contributed by atoms with Crippen LogP contribution in [0.15, 0.2) is 23.2 Å². The normalized spacial score (nSPS) is 23.5. The zero-order valence-electron chi connectivity index (χ0n) is 12.4. The first-order valence-corrected chi connectivity index (χ1v) is 8.06. The lowest BCUT2D eigenvalue weighted by Crippen LogP contribution is -2.57. The van der Waals surface area contributed by atoms with E-state index in [1.54, 1.807) is 20.8 Å². The molecule has 22 heavy (non-hydrogen) atoms. The molecule has 1 fully saturated rings. The van der Waals surface area contributed by atoms with E-state index in [-0.39, 0.29) is 24.2 Å². The molecule has 0 radical (unpaired) electrons. The molecule has 0 spiro atoms. The molecule has 124 valence electrons. The van der Waals surface area contributed by atoms with Gasteiger partial charge in [0, 0.05) is 12.7 Å². The van der Waals surface area contributed by atoms with Gasteiger partial charge < -0.3 is 4.74 Å². The number of alkyl halides is 3. The van der Waals surface area contributed by atoms with Gasteiger partial charge in [-0.15, -0.1) is 0 Å². The lowest BCUT2D eigenvalue weighted by Gasteiger charge is -2.43. The Kier molecular flexibility index (Phi) is 4.27. The third-order valence-electron chi connectivity index (χ3n) is 3.43. The van der Waals surface area contributed by atoms with Gasteiger partial charge in [0.15, 0.2) is 0 Å².